The van der Waals surface area contributed by atoms with Crippen LogP contribution in [0.2, 0.25) is 0 Å². The Kier molecular flexibility index (Phi) is 25.4. The minimum absolute atomic E-state index is 0. The first-order valence-electron chi connectivity index (χ1n) is 25.5. The number of thiophene rings is 3. The SMILES string of the molecule is Cl.N=C(N)NCCC[C@H](NC(=O)Cc1ccsc1)C(=O)Nc1ccc(C(c2ccc(NC(=O)[C@H](CCCNC(=N)N)NC(=O)Cc3ccsc3)cc2)c2ccc(NC(=O)[C@H](CCCNC(=N)N)NC(=O)Cc3ccsc3)cc2)cc1. The normalized spacial score (nSPS) is 12.2. The molecule has 80 heavy (non-hydrogen) atoms. The molecule has 0 saturated carbocycles. The van der Waals surface area contributed by atoms with E-state index in [2.05, 4.69) is 47.9 Å². The Hall–Kier alpha value is -8.32. The van der Waals surface area contributed by atoms with E-state index in [1.807, 2.05) is 86.9 Å². The average molecular weight is 1170 g/mol. The maximum atomic E-state index is 13.8. The summed E-state index contributed by atoms with van der Waals surface area (Å²) in [6.45, 7) is 1.01. The number of benzene rings is 3. The van der Waals surface area contributed by atoms with E-state index >= 15 is 0 Å². The minimum Gasteiger partial charge on any atom is -0.370 e. The van der Waals surface area contributed by atoms with E-state index in [4.69, 9.17) is 33.4 Å². The summed E-state index contributed by atoms with van der Waals surface area (Å²) in [5, 5.41) is 59.4. The Morgan fingerprint density at radius 1 is 0.412 bits per heavy atom. The van der Waals surface area contributed by atoms with Crippen molar-refractivity contribution in [3.05, 3.63) is 157 Å². The summed E-state index contributed by atoms with van der Waals surface area (Å²) >= 11 is 4.42. The molecule has 0 aliphatic carbocycles. The van der Waals surface area contributed by atoms with E-state index in [0.717, 1.165) is 33.4 Å². The van der Waals surface area contributed by atoms with Crippen LogP contribution in [0.4, 0.5) is 17.1 Å². The number of carbonyl (C=O) groups excluding carboxylic acids is 6. The van der Waals surface area contributed by atoms with E-state index in [1.54, 1.807) is 36.4 Å². The van der Waals surface area contributed by atoms with Crippen LogP contribution in [0.5, 0.6) is 0 Å². The molecule has 0 saturated heterocycles. The lowest BCUT2D eigenvalue weighted by molar-refractivity contribution is -0.126. The van der Waals surface area contributed by atoms with Gasteiger partial charge in [-0.15, -0.1) is 12.4 Å². The molecule has 3 atom stereocenters. The van der Waals surface area contributed by atoms with Crippen molar-refractivity contribution in [2.45, 2.75) is 81.8 Å². The molecule has 3 heterocycles. The Morgan fingerprint density at radius 3 is 0.900 bits per heavy atom. The molecular formula is C55H68ClN15O6S3. The molecule has 0 bridgehead atoms. The molecule has 3 aromatic heterocycles. The molecule has 21 nitrogen and oxygen atoms in total. The van der Waals surface area contributed by atoms with Crippen LogP contribution in [0.25, 0.3) is 0 Å². The van der Waals surface area contributed by atoms with E-state index < -0.39 is 41.8 Å². The van der Waals surface area contributed by atoms with Gasteiger partial charge in [0, 0.05) is 42.6 Å². The maximum absolute atomic E-state index is 13.8. The molecule has 25 heteroatoms. The van der Waals surface area contributed by atoms with Gasteiger partial charge in [-0.2, -0.15) is 34.0 Å². The highest BCUT2D eigenvalue weighted by Crippen LogP contribution is 2.34. The van der Waals surface area contributed by atoms with Gasteiger partial charge in [0.25, 0.3) is 0 Å². The van der Waals surface area contributed by atoms with Crippen LogP contribution in [0.15, 0.2) is 123 Å². The molecular weight excluding hydrogens is 1100 g/mol. The van der Waals surface area contributed by atoms with E-state index in [-0.39, 0.29) is 86.5 Å². The van der Waals surface area contributed by atoms with Crippen molar-refractivity contribution >= 4 is 117 Å². The highest BCUT2D eigenvalue weighted by molar-refractivity contribution is 7.08. The summed E-state index contributed by atoms with van der Waals surface area (Å²) in [6.07, 6.45) is 2.52. The van der Waals surface area contributed by atoms with Crippen LogP contribution >= 0.6 is 46.4 Å². The van der Waals surface area contributed by atoms with Gasteiger partial charge in [0.2, 0.25) is 35.4 Å². The number of rotatable bonds is 30. The summed E-state index contributed by atoms with van der Waals surface area (Å²) in [5.74, 6) is -3.20. The van der Waals surface area contributed by atoms with E-state index in [9.17, 15) is 28.8 Å². The summed E-state index contributed by atoms with van der Waals surface area (Å²) in [7, 11) is 0. The molecule has 3 aromatic carbocycles. The third-order valence-corrected chi connectivity index (χ3v) is 14.5. The van der Waals surface area contributed by atoms with Crippen LogP contribution in [0, 0.1) is 16.2 Å². The number of hydrogen-bond acceptors (Lipinski definition) is 12. The molecule has 0 spiro atoms. The highest BCUT2D eigenvalue weighted by Gasteiger charge is 2.25. The summed E-state index contributed by atoms with van der Waals surface area (Å²) in [4.78, 5) is 80.7. The van der Waals surface area contributed by atoms with Crippen molar-refractivity contribution in [1.29, 1.82) is 16.2 Å². The third-order valence-electron chi connectivity index (χ3n) is 12.3. The van der Waals surface area contributed by atoms with Crippen molar-refractivity contribution in [1.82, 2.24) is 31.9 Å². The molecule has 0 radical (unpaired) electrons. The van der Waals surface area contributed by atoms with Crippen molar-refractivity contribution in [3.8, 4) is 0 Å². The van der Waals surface area contributed by atoms with Crippen molar-refractivity contribution in [3.63, 3.8) is 0 Å². The first-order chi connectivity index (χ1) is 38.1. The largest absolute Gasteiger partial charge is 0.370 e. The van der Waals surface area contributed by atoms with Gasteiger partial charge in [0.15, 0.2) is 17.9 Å². The van der Waals surface area contributed by atoms with Gasteiger partial charge >= 0.3 is 0 Å². The quantitative estimate of drug-likeness (QED) is 0.0119. The molecule has 6 rings (SSSR count). The van der Waals surface area contributed by atoms with Crippen molar-refractivity contribution in [2.75, 3.05) is 35.6 Å². The Balaban J connectivity index is 0.0000118. The first-order valence-corrected chi connectivity index (χ1v) is 28.3. The lowest BCUT2D eigenvalue weighted by Gasteiger charge is -2.22. The highest BCUT2D eigenvalue weighted by atomic mass is 35.5. The zero-order chi connectivity index (χ0) is 56.5. The van der Waals surface area contributed by atoms with Gasteiger partial charge < -0.3 is 65.1 Å². The lowest BCUT2D eigenvalue weighted by Crippen LogP contribution is -2.45. The fourth-order valence-corrected chi connectivity index (χ4v) is 10.4. The molecule has 0 fully saturated rings. The Bertz CT molecular complexity index is 2650. The predicted octanol–water partition coefficient (Wildman–Crippen LogP) is 5.26. The number of nitrogens with one attached hydrogen (secondary N) is 12. The fraction of sp³-hybridized carbons (Fsp3) is 0.291. The predicted molar refractivity (Wildman–Crippen MR) is 321 cm³/mol. The van der Waals surface area contributed by atoms with E-state index in [1.165, 1.54) is 34.0 Å². The fourth-order valence-electron chi connectivity index (χ4n) is 8.41. The molecule has 424 valence electrons. The number of anilines is 3. The van der Waals surface area contributed by atoms with Crippen LogP contribution in [-0.2, 0) is 48.0 Å². The van der Waals surface area contributed by atoms with E-state index in [0.29, 0.717) is 56.0 Å². The number of amides is 6. The Labute approximate surface area is 482 Å². The summed E-state index contributed by atoms with van der Waals surface area (Å²) in [6, 6.07) is 24.8. The molecule has 6 amide bonds. The van der Waals surface area contributed by atoms with Gasteiger partial charge in [-0.25, -0.2) is 0 Å². The standard InChI is InChI=1S/C55H67N15O6S3.ClH/c56-53(57)62-22-1-4-43(68-46(71)28-34-19-25-77-31-34)50(74)65-40-13-7-37(8-14-40)49(38-9-15-41(16-10-38)66-51(75)44(5-2-23-63-54(58)59)69-47(72)29-35-20-26-78-32-35)39-11-17-42(18-12-39)67-52(76)45(6-3-24-64-55(60)61)70-48(73)30-36-21-27-79-33-36;/h7-21,25-27,31-33,43-45,49H,1-6,22-24,28-30H2,(H,65,74)(H,66,75)(H,67,76)(H,68,71)(H,69,72)(H,70,73)(H4,56,57,62)(H4,58,59,63)(H4,60,61,64);1H/t43-,44-,45-;/m0./s1. The number of hydrogen-bond donors (Lipinski definition) is 15. The smallest absolute Gasteiger partial charge is 0.246 e. The zero-order valence-corrected chi connectivity index (χ0v) is 47.0. The number of guanidine groups is 3. The average Bonchev–Trinajstić information content (AvgIpc) is 4.30. The molecule has 18 N–H and O–H groups in total. The topological polar surface area (TPSA) is 360 Å². The maximum Gasteiger partial charge on any atom is 0.246 e. The molecule has 0 aliphatic heterocycles. The summed E-state index contributed by atoms with van der Waals surface area (Å²) in [5.41, 5.74) is 22.8. The second-order valence-electron chi connectivity index (χ2n) is 18.5. The number of carbonyl (C=O) groups is 6. The van der Waals surface area contributed by atoms with Crippen LogP contribution in [-0.4, -0.2) is 91.1 Å². The second kappa shape index (κ2) is 32.5. The van der Waals surface area contributed by atoms with Gasteiger partial charge in [0.05, 0.1) is 19.3 Å². The molecule has 0 unspecified atom stereocenters. The van der Waals surface area contributed by atoms with Crippen molar-refractivity contribution < 1.29 is 28.8 Å². The first kappa shape index (κ1) is 62.5. The second-order valence-corrected chi connectivity index (χ2v) is 20.8. The number of halogens is 1. The summed E-state index contributed by atoms with van der Waals surface area (Å²) < 4.78 is 0. The van der Waals surface area contributed by atoms with Crippen molar-refractivity contribution in [2.24, 2.45) is 17.2 Å². The van der Waals surface area contributed by atoms with Crippen LogP contribution < -0.4 is 65.1 Å². The van der Waals surface area contributed by atoms with Gasteiger partial charge in [-0.1, -0.05) is 36.4 Å². The van der Waals surface area contributed by atoms with Gasteiger partial charge in [-0.3, -0.25) is 45.0 Å². The zero-order valence-electron chi connectivity index (χ0n) is 43.7. The van der Waals surface area contributed by atoms with Crippen LogP contribution in [0.3, 0.4) is 0 Å². The minimum atomic E-state index is -0.881. The number of nitrogens with two attached hydrogens (primary N) is 3. The monoisotopic (exact) mass is 1170 g/mol. The Morgan fingerprint density at radius 2 is 0.675 bits per heavy atom. The molecule has 0 aliphatic rings. The van der Waals surface area contributed by atoms with Gasteiger partial charge in [0.1, 0.15) is 18.1 Å². The van der Waals surface area contributed by atoms with Gasteiger partial charge in [-0.05, 0) is 159 Å². The van der Waals surface area contributed by atoms with Crippen LogP contribution in [0.1, 0.15) is 77.8 Å². The molecule has 6 aromatic rings. The third kappa shape index (κ3) is 21.5. The lowest BCUT2D eigenvalue weighted by atomic mass is 9.85.